The van der Waals surface area contributed by atoms with E-state index in [4.69, 9.17) is 32.7 Å². The van der Waals surface area contributed by atoms with Gasteiger partial charge in [0.1, 0.15) is 12.4 Å². The van der Waals surface area contributed by atoms with Crippen LogP contribution in [-0.4, -0.2) is 19.2 Å². The van der Waals surface area contributed by atoms with Gasteiger partial charge < -0.3 is 9.47 Å². The smallest absolute Gasteiger partial charge is 0.275 e. The molecule has 4 aromatic rings. The summed E-state index contributed by atoms with van der Waals surface area (Å²) in [5.41, 5.74) is 4.53. The number of rotatable bonds is 7. The molecule has 4 rings (SSSR count). The van der Waals surface area contributed by atoms with E-state index < -0.39 is 5.91 Å². The van der Waals surface area contributed by atoms with E-state index in [1.165, 1.54) is 13.3 Å². The molecule has 1 N–H and O–H groups in total. The molecule has 34 heavy (non-hydrogen) atoms. The Balaban J connectivity index is 1.45. The van der Waals surface area contributed by atoms with Gasteiger partial charge in [-0.25, -0.2) is 5.43 Å². The fourth-order valence-corrected chi connectivity index (χ4v) is 4.29. The van der Waals surface area contributed by atoms with Crippen LogP contribution in [0.5, 0.6) is 11.5 Å². The highest BCUT2D eigenvalue weighted by atomic mass is 127. The fourth-order valence-electron chi connectivity index (χ4n) is 3.32. The van der Waals surface area contributed by atoms with E-state index in [0.717, 1.165) is 19.9 Å². The monoisotopic (exact) mass is 604 g/mol. The van der Waals surface area contributed by atoms with Crippen molar-refractivity contribution in [3.05, 3.63) is 103 Å². The van der Waals surface area contributed by atoms with Gasteiger partial charge in [0.25, 0.3) is 5.91 Å². The lowest BCUT2D eigenvalue weighted by Gasteiger charge is -2.11. The number of nitrogens with zero attached hydrogens (tertiary/aromatic N) is 1. The maximum absolute atomic E-state index is 12.7. The van der Waals surface area contributed by atoms with Crippen LogP contribution < -0.4 is 14.9 Å². The van der Waals surface area contributed by atoms with Crippen molar-refractivity contribution in [2.75, 3.05) is 7.11 Å². The molecule has 0 saturated carbocycles. The molecule has 0 spiro atoms. The van der Waals surface area contributed by atoms with Crippen molar-refractivity contribution < 1.29 is 14.3 Å². The number of nitrogens with one attached hydrogen (secondary N) is 1. The van der Waals surface area contributed by atoms with Gasteiger partial charge in [0.2, 0.25) is 0 Å². The van der Waals surface area contributed by atoms with Crippen LogP contribution in [0.2, 0.25) is 10.0 Å². The lowest BCUT2D eigenvalue weighted by atomic mass is 10.1. The lowest BCUT2D eigenvalue weighted by Crippen LogP contribution is -2.18. The average Bonchev–Trinajstić information content (AvgIpc) is 2.83. The van der Waals surface area contributed by atoms with Crippen molar-refractivity contribution in [3.63, 3.8) is 0 Å². The molecule has 0 fully saturated rings. The van der Waals surface area contributed by atoms with Crippen LogP contribution in [0.25, 0.3) is 10.8 Å². The van der Waals surface area contributed by atoms with Crippen molar-refractivity contribution in [1.82, 2.24) is 5.43 Å². The minimum Gasteiger partial charge on any atom is -0.496 e. The minimum absolute atomic E-state index is 0.341. The molecule has 0 bridgehead atoms. The van der Waals surface area contributed by atoms with E-state index in [-0.39, 0.29) is 0 Å². The SMILES string of the molecule is COc1cc2ccccc2cc1C(=O)N/N=C\c1cc(Cl)c(OCc2ccc(I)cc2)c(Cl)c1. The third kappa shape index (κ3) is 5.81. The average molecular weight is 605 g/mol. The molecule has 8 heteroatoms. The molecule has 1 amide bonds. The predicted octanol–water partition coefficient (Wildman–Crippen LogP) is 7.10. The number of ether oxygens (including phenoxy) is 2. The number of fused-ring (bicyclic) bond motifs is 1. The van der Waals surface area contributed by atoms with Gasteiger partial charge in [-0.3, -0.25) is 4.79 Å². The number of carbonyl (C=O) groups excluding carboxylic acids is 1. The van der Waals surface area contributed by atoms with E-state index in [9.17, 15) is 4.79 Å². The molecule has 0 saturated heterocycles. The Morgan fingerprint density at radius 2 is 1.65 bits per heavy atom. The zero-order chi connectivity index (χ0) is 24.1. The van der Waals surface area contributed by atoms with Crippen molar-refractivity contribution in [3.8, 4) is 11.5 Å². The van der Waals surface area contributed by atoms with Crippen LogP contribution >= 0.6 is 45.8 Å². The number of carbonyl (C=O) groups is 1. The van der Waals surface area contributed by atoms with Crippen molar-refractivity contribution in [1.29, 1.82) is 0 Å². The Bertz CT molecular complexity index is 1350. The molecule has 172 valence electrons. The standard InChI is InChI=1S/C26H19Cl2IN2O3/c1-33-24-13-19-5-3-2-4-18(19)12-21(24)26(32)31-30-14-17-10-22(27)25(23(28)11-17)34-15-16-6-8-20(29)9-7-16/h2-14H,15H2,1H3,(H,31,32)/b30-14-. The van der Waals surface area contributed by atoms with Gasteiger partial charge in [-0.1, -0.05) is 59.6 Å². The summed E-state index contributed by atoms with van der Waals surface area (Å²) in [5.74, 6) is 0.463. The fraction of sp³-hybridized carbons (Fsp3) is 0.0769. The van der Waals surface area contributed by atoms with Gasteiger partial charge in [0.15, 0.2) is 5.75 Å². The summed E-state index contributed by atoms with van der Waals surface area (Å²) in [7, 11) is 1.52. The molecule has 0 radical (unpaired) electrons. The normalized spacial score (nSPS) is 11.1. The zero-order valence-electron chi connectivity index (χ0n) is 18.0. The summed E-state index contributed by atoms with van der Waals surface area (Å²) in [5, 5.41) is 6.65. The third-order valence-electron chi connectivity index (χ3n) is 5.01. The quantitative estimate of drug-likeness (QED) is 0.139. The Labute approximate surface area is 220 Å². The van der Waals surface area contributed by atoms with Crippen LogP contribution in [0.3, 0.4) is 0 Å². The molecule has 0 aliphatic carbocycles. The number of benzene rings is 4. The van der Waals surface area contributed by atoms with E-state index in [1.807, 2.05) is 54.6 Å². The first-order valence-corrected chi connectivity index (χ1v) is 12.0. The largest absolute Gasteiger partial charge is 0.496 e. The Morgan fingerprint density at radius 1 is 1.00 bits per heavy atom. The molecule has 4 aromatic carbocycles. The van der Waals surface area contributed by atoms with Crippen molar-refractivity contribution in [2.24, 2.45) is 5.10 Å². The van der Waals surface area contributed by atoms with Crippen molar-refractivity contribution in [2.45, 2.75) is 6.61 Å². The Kier molecular flexibility index (Phi) is 7.92. The Hall–Kier alpha value is -2.81. The van der Waals surface area contributed by atoms with Crippen molar-refractivity contribution >= 4 is 68.7 Å². The summed E-state index contributed by atoms with van der Waals surface area (Å²) in [4.78, 5) is 12.7. The van der Waals surface area contributed by atoms with Crippen LogP contribution in [0.15, 0.2) is 77.9 Å². The molecule has 0 heterocycles. The number of amides is 1. The molecule has 0 unspecified atom stereocenters. The second kappa shape index (κ2) is 11.1. The zero-order valence-corrected chi connectivity index (χ0v) is 21.7. The summed E-state index contributed by atoms with van der Waals surface area (Å²) >= 11 is 15.0. The molecular weight excluding hydrogens is 586 g/mol. The van der Waals surface area contributed by atoms with Crippen LogP contribution in [0, 0.1) is 3.57 Å². The molecule has 0 atom stereocenters. The lowest BCUT2D eigenvalue weighted by molar-refractivity contribution is 0.0952. The van der Waals surface area contributed by atoms with Gasteiger partial charge in [-0.2, -0.15) is 5.10 Å². The topological polar surface area (TPSA) is 59.9 Å². The van der Waals surface area contributed by atoms with Gasteiger partial charge >= 0.3 is 0 Å². The first kappa shape index (κ1) is 24.3. The number of methoxy groups -OCH3 is 1. The van der Waals surface area contributed by atoms with Crippen LogP contribution in [0.4, 0.5) is 0 Å². The summed E-state index contributed by atoms with van der Waals surface area (Å²) in [6, 6.07) is 22.6. The first-order chi connectivity index (χ1) is 16.4. The van der Waals surface area contributed by atoms with Crippen LogP contribution in [0.1, 0.15) is 21.5 Å². The van der Waals surface area contributed by atoms with E-state index in [1.54, 1.807) is 18.2 Å². The number of hydrogen-bond acceptors (Lipinski definition) is 4. The van der Waals surface area contributed by atoms with Crippen LogP contribution in [-0.2, 0) is 6.61 Å². The molecule has 0 aliphatic heterocycles. The molecule has 0 aromatic heterocycles. The Morgan fingerprint density at radius 3 is 2.29 bits per heavy atom. The number of hydrazone groups is 1. The second-order valence-electron chi connectivity index (χ2n) is 7.33. The number of halogens is 3. The molecular formula is C26H19Cl2IN2O3. The van der Waals surface area contributed by atoms with E-state index in [2.05, 4.69) is 33.1 Å². The second-order valence-corrected chi connectivity index (χ2v) is 9.39. The molecule has 5 nitrogen and oxygen atoms in total. The minimum atomic E-state index is -0.395. The highest BCUT2D eigenvalue weighted by Gasteiger charge is 2.14. The third-order valence-corrected chi connectivity index (χ3v) is 6.29. The highest BCUT2D eigenvalue weighted by molar-refractivity contribution is 14.1. The van der Waals surface area contributed by atoms with Gasteiger partial charge in [0.05, 0.1) is 28.9 Å². The van der Waals surface area contributed by atoms with Gasteiger partial charge in [-0.05, 0) is 80.9 Å². The maximum atomic E-state index is 12.7. The van der Waals surface area contributed by atoms with E-state index in [0.29, 0.717) is 39.3 Å². The summed E-state index contributed by atoms with van der Waals surface area (Å²) < 4.78 is 12.3. The maximum Gasteiger partial charge on any atom is 0.275 e. The van der Waals surface area contributed by atoms with E-state index >= 15 is 0 Å². The van der Waals surface area contributed by atoms with Gasteiger partial charge in [-0.15, -0.1) is 0 Å². The first-order valence-electron chi connectivity index (χ1n) is 10.2. The summed E-state index contributed by atoms with van der Waals surface area (Å²) in [6.07, 6.45) is 1.46. The molecule has 0 aliphatic rings. The highest BCUT2D eigenvalue weighted by Crippen LogP contribution is 2.34. The summed E-state index contributed by atoms with van der Waals surface area (Å²) in [6.45, 7) is 0.341. The number of hydrogen-bond donors (Lipinski definition) is 1. The van der Waals surface area contributed by atoms with Gasteiger partial charge in [0, 0.05) is 3.57 Å². The predicted molar refractivity (Wildman–Crippen MR) is 146 cm³/mol.